The standard InChI is InChI=1S/C22H27N3O4/c1-28-20-8-7-18(15-19(20)17-5-3-2-4-6-17)22(27)24-16-21(26)23-9-10-25-11-13-29-14-12-25/h2-8,15H,9-14,16H2,1H3,(H,23,26)(H,24,27). The molecule has 1 aliphatic rings. The zero-order valence-electron chi connectivity index (χ0n) is 16.6. The van der Waals surface area contributed by atoms with Crippen LogP contribution in [0.2, 0.25) is 0 Å². The highest BCUT2D eigenvalue weighted by atomic mass is 16.5. The average Bonchev–Trinajstić information content (AvgIpc) is 2.78. The Morgan fingerprint density at radius 3 is 2.55 bits per heavy atom. The van der Waals surface area contributed by atoms with Gasteiger partial charge in [0.2, 0.25) is 5.91 Å². The van der Waals surface area contributed by atoms with Crippen LogP contribution in [-0.2, 0) is 9.53 Å². The largest absolute Gasteiger partial charge is 0.496 e. The molecule has 0 radical (unpaired) electrons. The van der Waals surface area contributed by atoms with Crippen molar-refractivity contribution in [3.8, 4) is 16.9 Å². The van der Waals surface area contributed by atoms with Crippen LogP contribution in [0.15, 0.2) is 48.5 Å². The van der Waals surface area contributed by atoms with Gasteiger partial charge in [0.25, 0.3) is 5.91 Å². The molecule has 3 rings (SSSR count). The zero-order chi connectivity index (χ0) is 20.5. The van der Waals surface area contributed by atoms with E-state index in [1.54, 1.807) is 25.3 Å². The van der Waals surface area contributed by atoms with Crippen molar-refractivity contribution in [3.63, 3.8) is 0 Å². The van der Waals surface area contributed by atoms with Crippen LogP contribution in [0.25, 0.3) is 11.1 Å². The van der Waals surface area contributed by atoms with Crippen molar-refractivity contribution in [2.75, 3.05) is 53.0 Å². The fourth-order valence-electron chi connectivity index (χ4n) is 3.20. The van der Waals surface area contributed by atoms with E-state index in [0.717, 1.165) is 44.0 Å². The predicted molar refractivity (Wildman–Crippen MR) is 111 cm³/mol. The van der Waals surface area contributed by atoms with E-state index in [0.29, 0.717) is 17.9 Å². The summed E-state index contributed by atoms with van der Waals surface area (Å²) in [6, 6.07) is 15.0. The minimum Gasteiger partial charge on any atom is -0.496 e. The normalized spacial score (nSPS) is 14.2. The quantitative estimate of drug-likeness (QED) is 0.706. The van der Waals surface area contributed by atoms with Crippen LogP contribution in [0, 0.1) is 0 Å². The molecule has 0 aromatic heterocycles. The van der Waals surface area contributed by atoms with Crippen LogP contribution in [0.4, 0.5) is 0 Å². The van der Waals surface area contributed by atoms with Crippen LogP contribution < -0.4 is 15.4 Å². The predicted octanol–water partition coefficient (Wildman–Crippen LogP) is 1.54. The second-order valence-corrected chi connectivity index (χ2v) is 6.77. The second kappa shape index (κ2) is 10.6. The number of amides is 2. The number of ether oxygens (including phenoxy) is 2. The molecule has 2 N–H and O–H groups in total. The van der Waals surface area contributed by atoms with Crippen LogP contribution >= 0.6 is 0 Å². The van der Waals surface area contributed by atoms with Crippen molar-refractivity contribution in [1.29, 1.82) is 0 Å². The molecule has 7 heteroatoms. The molecule has 0 spiro atoms. The summed E-state index contributed by atoms with van der Waals surface area (Å²) in [6.45, 7) is 4.50. The van der Waals surface area contributed by atoms with Crippen LogP contribution in [-0.4, -0.2) is 69.8 Å². The Balaban J connectivity index is 1.51. The van der Waals surface area contributed by atoms with Gasteiger partial charge in [-0.25, -0.2) is 0 Å². The van der Waals surface area contributed by atoms with Gasteiger partial charge in [-0.3, -0.25) is 14.5 Å². The summed E-state index contributed by atoms with van der Waals surface area (Å²) in [6.07, 6.45) is 0. The maximum absolute atomic E-state index is 12.5. The lowest BCUT2D eigenvalue weighted by Gasteiger charge is -2.26. The van der Waals surface area contributed by atoms with E-state index in [1.807, 2.05) is 30.3 Å². The fourth-order valence-corrected chi connectivity index (χ4v) is 3.20. The van der Waals surface area contributed by atoms with E-state index < -0.39 is 0 Å². The molecule has 2 amide bonds. The molecule has 0 aliphatic carbocycles. The first-order valence-electron chi connectivity index (χ1n) is 9.76. The topological polar surface area (TPSA) is 79.9 Å². The van der Waals surface area contributed by atoms with Crippen LogP contribution in [0.3, 0.4) is 0 Å². The number of carbonyl (C=O) groups excluding carboxylic acids is 2. The lowest BCUT2D eigenvalue weighted by Crippen LogP contribution is -2.43. The zero-order valence-corrected chi connectivity index (χ0v) is 16.6. The Hall–Kier alpha value is -2.90. The molecular weight excluding hydrogens is 370 g/mol. The number of methoxy groups -OCH3 is 1. The summed E-state index contributed by atoms with van der Waals surface area (Å²) >= 11 is 0. The summed E-state index contributed by atoms with van der Waals surface area (Å²) in [4.78, 5) is 26.8. The minimum absolute atomic E-state index is 0.0609. The Morgan fingerprint density at radius 1 is 1.07 bits per heavy atom. The Kier molecular flexibility index (Phi) is 7.61. The first-order valence-corrected chi connectivity index (χ1v) is 9.76. The summed E-state index contributed by atoms with van der Waals surface area (Å²) < 4.78 is 10.7. The van der Waals surface area contributed by atoms with Crippen molar-refractivity contribution in [3.05, 3.63) is 54.1 Å². The number of rotatable bonds is 8. The van der Waals surface area contributed by atoms with Gasteiger partial charge in [0, 0.05) is 37.3 Å². The molecule has 154 valence electrons. The molecule has 29 heavy (non-hydrogen) atoms. The molecule has 0 saturated carbocycles. The van der Waals surface area contributed by atoms with Crippen molar-refractivity contribution >= 4 is 11.8 Å². The van der Waals surface area contributed by atoms with Gasteiger partial charge in [-0.2, -0.15) is 0 Å². The van der Waals surface area contributed by atoms with E-state index in [1.165, 1.54) is 0 Å². The summed E-state index contributed by atoms with van der Waals surface area (Å²) in [7, 11) is 1.60. The lowest BCUT2D eigenvalue weighted by molar-refractivity contribution is -0.120. The van der Waals surface area contributed by atoms with Crippen molar-refractivity contribution in [2.45, 2.75) is 0 Å². The number of nitrogens with one attached hydrogen (secondary N) is 2. The SMILES string of the molecule is COc1ccc(C(=O)NCC(=O)NCCN2CCOCC2)cc1-c1ccccc1. The van der Waals surface area contributed by atoms with Crippen molar-refractivity contribution in [1.82, 2.24) is 15.5 Å². The Morgan fingerprint density at radius 2 is 1.83 bits per heavy atom. The summed E-state index contributed by atoms with van der Waals surface area (Å²) in [5, 5.41) is 5.51. The van der Waals surface area contributed by atoms with E-state index >= 15 is 0 Å². The Labute approximate surface area is 171 Å². The highest BCUT2D eigenvalue weighted by Gasteiger charge is 2.13. The maximum atomic E-state index is 12.5. The van der Waals surface area contributed by atoms with Crippen molar-refractivity contribution in [2.24, 2.45) is 0 Å². The highest BCUT2D eigenvalue weighted by Crippen LogP contribution is 2.30. The number of hydrogen-bond acceptors (Lipinski definition) is 5. The third kappa shape index (κ3) is 6.04. The monoisotopic (exact) mass is 397 g/mol. The van der Waals surface area contributed by atoms with Gasteiger partial charge < -0.3 is 20.1 Å². The smallest absolute Gasteiger partial charge is 0.251 e. The summed E-state index contributed by atoms with van der Waals surface area (Å²) in [5.41, 5.74) is 2.27. The van der Waals surface area contributed by atoms with Crippen molar-refractivity contribution < 1.29 is 19.1 Å². The van der Waals surface area contributed by atoms with Gasteiger partial charge >= 0.3 is 0 Å². The fraction of sp³-hybridized carbons (Fsp3) is 0.364. The third-order valence-electron chi connectivity index (χ3n) is 4.81. The van der Waals surface area contributed by atoms with Gasteiger partial charge in [0.05, 0.1) is 26.9 Å². The van der Waals surface area contributed by atoms with Gasteiger partial charge in [-0.15, -0.1) is 0 Å². The molecule has 1 aliphatic heterocycles. The van der Waals surface area contributed by atoms with E-state index in [2.05, 4.69) is 15.5 Å². The van der Waals surface area contributed by atoms with E-state index in [4.69, 9.17) is 9.47 Å². The second-order valence-electron chi connectivity index (χ2n) is 6.77. The third-order valence-corrected chi connectivity index (χ3v) is 4.81. The number of hydrogen-bond donors (Lipinski definition) is 2. The molecular formula is C22H27N3O4. The molecule has 1 saturated heterocycles. The molecule has 1 fully saturated rings. The molecule has 7 nitrogen and oxygen atoms in total. The molecule has 1 heterocycles. The lowest BCUT2D eigenvalue weighted by atomic mass is 10.0. The van der Waals surface area contributed by atoms with E-state index in [9.17, 15) is 9.59 Å². The summed E-state index contributed by atoms with van der Waals surface area (Å²) in [5.74, 6) is 0.185. The van der Waals surface area contributed by atoms with Gasteiger partial charge in [0.1, 0.15) is 5.75 Å². The Bertz CT molecular complexity index is 820. The molecule has 0 bridgehead atoms. The molecule has 0 unspecified atom stereocenters. The van der Waals surface area contributed by atoms with Gasteiger partial charge in [-0.05, 0) is 23.8 Å². The number of nitrogens with zero attached hydrogens (tertiary/aromatic N) is 1. The number of benzene rings is 2. The first kappa shape index (κ1) is 20.8. The van der Waals surface area contributed by atoms with Crippen LogP contribution in [0.5, 0.6) is 5.75 Å². The maximum Gasteiger partial charge on any atom is 0.251 e. The first-order chi connectivity index (χ1) is 14.2. The molecule has 2 aromatic carbocycles. The number of morpholine rings is 1. The van der Waals surface area contributed by atoms with Crippen LogP contribution in [0.1, 0.15) is 10.4 Å². The van der Waals surface area contributed by atoms with E-state index in [-0.39, 0.29) is 18.4 Å². The molecule has 0 atom stereocenters. The van der Waals surface area contributed by atoms with Gasteiger partial charge in [-0.1, -0.05) is 30.3 Å². The molecule has 2 aromatic rings. The average molecular weight is 397 g/mol. The van der Waals surface area contributed by atoms with Gasteiger partial charge in [0.15, 0.2) is 0 Å². The minimum atomic E-state index is -0.298. The highest BCUT2D eigenvalue weighted by molar-refractivity contribution is 5.98. The number of carbonyl (C=O) groups is 2.